The Morgan fingerprint density at radius 1 is 0.925 bits per heavy atom. The predicted molar refractivity (Wildman–Crippen MR) is 159 cm³/mol. The molecule has 0 saturated heterocycles. The lowest BCUT2D eigenvalue weighted by molar-refractivity contribution is -0.215. The summed E-state index contributed by atoms with van der Waals surface area (Å²) in [5.74, 6) is 2.65. The highest BCUT2D eigenvalue weighted by atomic mass is 16.7. The largest absolute Gasteiger partial charge is 0.359 e. The van der Waals surface area contributed by atoms with Gasteiger partial charge in [0.2, 0.25) is 0 Å². The van der Waals surface area contributed by atoms with Gasteiger partial charge in [0.15, 0.2) is 0 Å². The van der Waals surface area contributed by atoms with E-state index in [1.807, 2.05) is 0 Å². The first-order chi connectivity index (χ1) is 19.0. The zero-order valence-electron chi connectivity index (χ0n) is 27.0. The van der Waals surface area contributed by atoms with E-state index >= 15 is 0 Å². The van der Waals surface area contributed by atoms with Crippen molar-refractivity contribution in [1.82, 2.24) is 0 Å². The van der Waals surface area contributed by atoms with Gasteiger partial charge in [-0.15, -0.1) is 0 Å². The smallest absolute Gasteiger partial charge is 0.147 e. The maximum Gasteiger partial charge on any atom is 0.147 e. The van der Waals surface area contributed by atoms with Crippen molar-refractivity contribution < 1.29 is 28.4 Å². The van der Waals surface area contributed by atoms with Crippen LogP contribution >= 0.6 is 0 Å². The summed E-state index contributed by atoms with van der Waals surface area (Å²) in [7, 11) is 5.10. The van der Waals surface area contributed by atoms with Crippen LogP contribution in [0.3, 0.4) is 0 Å². The van der Waals surface area contributed by atoms with Gasteiger partial charge in [-0.1, -0.05) is 56.9 Å². The van der Waals surface area contributed by atoms with E-state index in [2.05, 4.69) is 53.7 Å². The lowest BCUT2D eigenvalue weighted by atomic mass is 9.46. The second kappa shape index (κ2) is 12.9. The van der Waals surface area contributed by atoms with Gasteiger partial charge in [-0.25, -0.2) is 0 Å². The summed E-state index contributed by atoms with van der Waals surface area (Å²) in [4.78, 5) is 0. The molecular weight excluding hydrogens is 504 g/mol. The van der Waals surface area contributed by atoms with Crippen molar-refractivity contribution in [2.75, 3.05) is 41.7 Å². The highest BCUT2D eigenvalue weighted by Gasteiger charge is 2.63. The lowest BCUT2D eigenvalue weighted by Crippen LogP contribution is -2.60. The van der Waals surface area contributed by atoms with Crippen molar-refractivity contribution in [2.45, 2.75) is 117 Å². The third kappa shape index (κ3) is 6.01. The van der Waals surface area contributed by atoms with Gasteiger partial charge in [-0.2, -0.15) is 0 Å². The van der Waals surface area contributed by atoms with Gasteiger partial charge < -0.3 is 28.4 Å². The van der Waals surface area contributed by atoms with E-state index in [1.54, 1.807) is 26.9 Å². The summed E-state index contributed by atoms with van der Waals surface area (Å²) in [6.45, 7) is 15.3. The Morgan fingerprint density at radius 2 is 1.65 bits per heavy atom. The minimum atomic E-state index is -0.369. The first-order valence-corrected chi connectivity index (χ1v) is 15.7. The van der Waals surface area contributed by atoms with Crippen LogP contribution in [0.25, 0.3) is 0 Å². The number of rotatable bonds is 14. The van der Waals surface area contributed by atoms with E-state index in [1.165, 1.54) is 44.1 Å². The molecule has 0 bridgehead atoms. The number of hydrogen-bond donors (Lipinski definition) is 0. The van der Waals surface area contributed by atoms with Crippen molar-refractivity contribution in [2.24, 2.45) is 34.5 Å². The number of ether oxygens (including phenoxy) is 6. The zero-order chi connectivity index (χ0) is 29.2. The molecule has 3 fully saturated rings. The Morgan fingerprint density at radius 3 is 2.35 bits per heavy atom. The molecule has 6 heteroatoms. The highest BCUT2D eigenvalue weighted by molar-refractivity contribution is 5.41. The molecule has 8 atom stereocenters. The van der Waals surface area contributed by atoms with Crippen molar-refractivity contribution >= 4 is 0 Å². The van der Waals surface area contributed by atoms with Crippen LogP contribution in [-0.2, 0) is 28.4 Å². The minimum Gasteiger partial charge on any atom is -0.359 e. The first-order valence-electron chi connectivity index (χ1n) is 15.7. The fourth-order valence-electron chi connectivity index (χ4n) is 9.39. The predicted octanol–water partition coefficient (Wildman–Crippen LogP) is 7.67. The van der Waals surface area contributed by atoms with Crippen LogP contribution in [-0.4, -0.2) is 59.0 Å². The average molecular weight is 563 g/mol. The Labute approximate surface area is 244 Å². The van der Waals surface area contributed by atoms with Crippen LogP contribution in [0.2, 0.25) is 0 Å². The molecule has 0 radical (unpaired) electrons. The van der Waals surface area contributed by atoms with Crippen molar-refractivity contribution in [1.29, 1.82) is 0 Å². The Balaban J connectivity index is 1.52. The summed E-state index contributed by atoms with van der Waals surface area (Å²) in [5, 5.41) is 0. The summed E-state index contributed by atoms with van der Waals surface area (Å²) in [5.41, 5.74) is 2.96. The average Bonchev–Trinajstić information content (AvgIpc) is 3.27. The summed E-state index contributed by atoms with van der Waals surface area (Å²) >= 11 is 0. The molecule has 0 amide bonds. The fourth-order valence-corrected chi connectivity index (χ4v) is 9.39. The van der Waals surface area contributed by atoms with Gasteiger partial charge in [0.1, 0.15) is 20.4 Å². The molecule has 3 saturated carbocycles. The standard InChI is InChI=1S/C34H58O6/c1-24(11-10-17-31(2,3)39-22-36-8)28-14-15-29-27-13-12-25-19-26(38-21-35-7)20-33(5,40-23-37-9)34(25,6)30(27)16-18-32(28,29)4/h12-13,24,26,28-30H,10-11,14-23H2,1-9H3/t24-,26-,28-,29+,30+,32-,33+,34+/m1/s1. The van der Waals surface area contributed by atoms with Gasteiger partial charge in [0.05, 0.1) is 17.3 Å². The molecule has 230 valence electrons. The van der Waals surface area contributed by atoms with Gasteiger partial charge in [0, 0.05) is 33.2 Å². The van der Waals surface area contributed by atoms with E-state index in [9.17, 15) is 0 Å². The summed E-state index contributed by atoms with van der Waals surface area (Å²) in [6.07, 6.45) is 15.5. The third-order valence-electron chi connectivity index (χ3n) is 11.8. The zero-order valence-corrected chi connectivity index (χ0v) is 27.0. The second-order valence-electron chi connectivity index (χ2n) is 14.5. The van der Waals surface area contributed by atoms with E-state index < -0.39 is 0 Å². The molecule has 0 aliphatic heterocycles. The van der Waals surface area contributed by atoms with Gasteiger partial charge in [0.25, 0.3) is 0 Å². The van der Waals surface area contributed by atoms with Crippen LogP contribution in [0.15, 0.2) is 23.3 Å². The van der Waals surface area contributed by atoms with Gasteiger partial charge >= 0.3 is 0 Å². The van der Waals surface area contributed by atoms with Crippen LogP contribution in [0.4, 0.5) is 0 Å². The van der Waals surface area contributed by atoms with Crippen molar-refractivity contribution in [3.05, 3.63) is 23.3 Å². The Hall–Kier alpha value is -0.760. The number of fused-ring (bicyclic) bond motifs is 5. The van der Waals surface area contributed by atoms with Crippen molar-refractivity contribution in [3.63, 3.8) is 0 Å². The monoisotopic (exact) mass is 562 g/mol. The molecule has 0 heterocycles. The fraction of sp³-hybridized carbons (Fsp3) is 0.882. The van der Waals surface area contributed by atoms with Crippen LogP contribution in [0.1, 0.15) is 99.3 Å². The minimum absolute atomic E-state index is 0.0681. The molecule has 0 aromatic heterocycles. The molecule has 6 nitrogen and oxygen atoms in total. The number of allylic oxidation sites excluding steroid dienone is 3. The molecule has 4 rings (SSSR count). The third-order valence-corrected chi connectivity index (χ3v) is 11.8. The van der Waals surface area contributed by atoms with E-state index in [0.29, 0.717) is 37.6 Å². The number of hydrogen-bond acceptors (Lipinski definition) is 6. The molecular formula is C34H58O6. The Kier molecular flexibility index (Phi) is 10.3. The van der Waals surface area contributed by atoms with E-state index in [0.717, 1.165) is 31.1 Å². The summed E-state index contributed by atoms with van der Waals surface area (Å²) in [6, 6.07) is 0. The summed E-state index contributed by atoms with van der Waals surface area (Å²) < 4.78 is 34.5. The first kappa shape index (κ1) is 32.2. The molecule has 0 aromatic rings. The highest BCUT2D eigenvalue weighted by Crippen LogP contribution is 2.68. The molecule has 0 aromatic carbocycles. The van der Waals surface area contributed by atoms with Crippen LogP contribution in [0, 0.1) is 34.5 Å². The molecule has 40 heavy (non-hydrogen) atoms. The molecule has 4 aliphatic carbocycles. The molecule has 0 unspecified atom stereocenters. The quantitative estimate of drug-likeness (QED) is 0.203. The van der Waals surface area contributed by atoms with E-state index in [4.69, 9.17) is 28.4 Å². The van der Waals surface area contributed by atoms with Gasteiger partial charge in [-0.05, 0) is 88.4 Å². The number of methoxy groups -OCH3 is 3. The van der Waals surface area contributed by atoms with E-state index in [-0.39, 0.29) is 22.7 Å². The van der Waals surface area contributed by atoms with Gasteiger partial charge in [-0.3, -0.25) is 0 Å². The normalized spacial score (nSPS) is 38.2. The maximum atomic E-state index is 6.61. The SMILES string of the molecule is COCO[C@@H]1CC2=CC=C3[C@@H]4CC[C@H]([C@H](C)CCCC(C)(C)OCOC)[C@@]4(C)CC[C@@H]3[C@@]2(C)[C@@](C)(OCOC)C1. The topological polar surface area (TPSA) is 55.4 Å². The van der Waals surface area contributed by atoms with Crippen LogP contribution < -0.4 is 0 Å². The lowest BCUT2D eigenvalue weighted by Gasteiger charge is -2.61. The van der Waals surface area contributed by atoms with Crippen LogP contribution in [0.5, 0.6) is 0 Å². The van der Waals surface area contributed by atoms with Crippen molar-refractivity contribution in [3.8, 4) is 0 Å². The Bertz CT molecular complexity index is 912. The second-order valence-corrected chi connectivity index (χ2v) is 14.5. The maximum absolute atomic E-state index is 6.61. The molecule has 4 aliphatic rings. The molecule has 0 N–H and O–H groups in total. The molecule has 0 spiro atoms.